The van der Waals surface area contributed by atoms with Crippen molar-refractivity contribution in [2.24, 2.45) is 0 Å². The average Bonchev–Trinajstić information content (AvgIpc) is 2.27. The molecule has 0 bridgehead atoms. The summed E-state index contributed by atoms with van der Waals surface area (Å²) in [7, 11) is 0. The van der Waals surface area contributed by atoms with Gasteiger partial charge in [0.2, 0.25) is 5.60 Å². The first-order valence-corrected chi connectivity index (χ1v) is 4.51. The number of carboxylic acid groups (broad SMARTS) is 1. The molecule has 0 aromatic carbocycles. The fourth-order valence-corrected chi connectivity index (χ4v) is 1.12. The van der Waals surface area contributed by atoms with Gasteiger partial charge in [-0.15, -0.1) is 6.58 Å². The lowest BCUT2D eigenvalue weighted by atomic mass is 10.0. The first kappa shape index (κ1) is 11.4. The summed E-state index contributed by atoms with van der Waals surface area (Å²) >= 11 is 0. The van der Waals surface area contributed by atoms with Crippen molar-refractivity contribution in [2.75, 3.05) is 6.61 Å². The van der Waals surface area contributed by atoms with Crippen molar-refractivity contribution in [1.82, 2.24) is 4.98 Å². The van der Waals surface area contributed by atoms with Gasteiger partial charge in [0.25, 0.3) is 0 Å². The molecule has 0 aliphatic heterocycles. The molecule has 1 unspecified atom stereocenters. The van der Waals surface area contributed by atoms with E-state index in [9.17, 15) is 4.79 Å². The molecule has 0 radical (unpaired) electrons. The minimum Gasteiger partial charge on any atom is -0.479 e. The number of nitrogens with zero attached hydrogens (tertiary/aromatic N) is 1. The molecule has 1 heterocycles. The fraction of sp³-hybridized carbons (Fsp3) is 0.273. The van der Waals surface area contributed by atoms with Crippen LogP contribution in [0, 0.1) is 0 Å². The van der Waals surface area contributed by atoms with E-state index in [1.165, 1.54) is 19.2 Å². The van der Waals surface area contributed by atoms with E-state index in [2.05, 4.69) is 11.6 Å². The second kappa shape index (κ2) is 4.70. The third-order valence-electron chi connectivity index (χ3n) is 2.05. The summed E-state index contributed by atoms with van der Waals surface area (Å²) in [5.74, 6) is -1.07. The first-order chi connectivity index (χ1) is 7.11. The lowest BCUT2D eigenvalue weighted by molar-refractivity contribution is -0.164. The highest BCUT2D eigenvalue weighted by molar-refractivity contribution is 5.78. The predicted molar refractivity (Wildman–Crippen MR) is 55.4 cm³/mol. The molecule has 0 saturated heterocycles. The van der Waals surface area contributed by atoms with Crippen LogP contribution in [-0.2, 0) is 15.1 Å². The molecule has 1 aromatic rings. The highest BCUT2D eigenvalue weighted by Gasteiger charge is 2.37. The quantitative estimate of drug-likeness (QED) is 0.745. The minimum absolute atomic E-state index is 0.166. The monoisotopic (exact) mass is 207 g/mol. The van der Waals surface area contributed by atoms with Crippen molar-refractivity contribution in [3.63, 3.8) is 0 Å². The molecule has 1 atom stereocenters. The molecular formula is C11H13NO3. The Morgan fingerprint density at radius 2 is 2.47 bits per heavy atom. The SMILES string of the molecule is C=CCOC(C)(C(=O)O)c1ccccn1. The van der Waals surface area contributed by atoms with Gasteiger partial charge in [-0.05, 0) is 19.1 Å². The van der Waals surface area contributed by atoms with E-state index in [4.69, 9.17) is 9.84 Å². The topological polar surface area (TPSA) is 59.4 Å². The van der Waals surface area contributed by atoms with Crippen LogP contribution in [0.4, 0.5) is 0 Å². The van der Waals surface area contributed by atoms with Crippen molar-refractivity contribution in [1.29, 1.82) is 0 Å². The lowest BCUT2D eigenvalue weighted by Gasteiger charge is -2.23. The molecule has 0 amide bonds. The van der Waals surface area contributed by atoms with Crippen molar-refractivity contribution in [3.8, 4) is 0 Å². The molecule has 4 nitrogen and oxygen atoms in total. The molecule has 0 spiro atoms. The zero-order valence-corrected chi connectivity index (χ0v) is 8.51. The van der Waals surface area contributed by atoms with Crippen LogP contribution in [0.3, 0.4) is 0 Å². The van der Waals surface area contributed by atoms with Gasteiger partial charge in [0.05, 0.1) is 12.3 Å². The summed E-state index contributed by atoms with van der Waals surface area (Å²) in [5.41, 5.74) is -1.05. The Bertz CT molecular complexity index is 350. The second-order valence-electron chi connectivity index (χ2n) is 3.15. The average molecular weight is 207 g/mol. The van der Waals surface area contributed by atoms with Gasteiger partial charge in [-0.25, -0.2) is 4.79 Å². The highest BCUT2D eigenvalue weighted by atomic mass is 16.5. The maximum atomic E-state index is 11.1. The van der Waals surface area contributed by atoms with Gasteiger partial charge >= 0.3 is 5.97 Å². The van der Waals surface area contributed by atoms with E-state index in [0.29, 0.717) is 5.69 Å². The molecule has 1 rings (SSSR count). The van der Waals surface area contributed by atoms with E-state index in [1.54, 1.807) is 18.2 Å². The molecule has 15 heavy (non-hydrogen) atoms. The summed E-state index contributed by atoms with van der Waals surface area (Å²) in [6, 6.07) is 5.07. The van der Waals surface area contributed by atoms with Gasteiger partial charge in [-0.3, -0.25) is 4.98 Å². The summed E-state index contributed by atoms with van der Waals surface area (Å²) < 4.78 is 5.25. The third kappa shape index (κ3) is 2.41. The minimum atomic E-state index is -1.42. The van der Waals surface area contributed by atoms with Gasteiger partial charge in [0.15, 0.2) is 0 Å². The molecule has 0 aliphatic rings. The number of carboxylic acids is 1. The van der Waals surface area contributed by atoms with E-state index >= 15 is 0 Å². The summed E-state index contributed by atoms with van der Waals surface area (Å²) in [4.78, 5) is 15.1. The van der Waals surface area contributed by atoms with Gasteiger partial charge in [-0.1, -0.05) is 12.1 Å². The zero-order chi connectivity index (χ0) is 11.3. The Labute approximate surface area is 88.2 Å². The maximum Gasteiger partial charge on any atom is 0.342 e. The number of rotatable bonds is 5. The second-order valence-corrected chi connectivity index (χ2v) is 3.15. The number of carbonyl (C=O) groups is 1. The van der Waals surface area contributed by atoms with Crippen molar-refractivity contribution in [2.45, 2.75) is 12.5 Å². The summed E-state index contributed by atoms with van der Waals surface area (Å²) in [6.45, 7) is 5.12. The number of ether oxygens (including phenoxy) is 1. The summed E-state index contributed by atoms with van der Waals surface area (Å²) in [6.07, 6.45) is 3.04. The largest absolute Gasteiger partial charge is 0.479 e. The van der Waals surface area contributed by atoms with Crippen LogP contribution in [-0.4, -0.2) is 22.7 Å². The Morgan fingerprint density at radius 1 is 1.73 bits per heavy atom. The zero-order valence-electron chi connectivity index (χ0n) is 8.51. The van der Waals surface area contributed by atoms with Crippen molar-refractivity contribution >= 4 is 5.97 Å². The lowest BCUT2D eigenvalue weighted by Crippen LogP contribution is -2.36. The van der Waals surface area contributed by atoms with Crippen LogP contribution in [0.1, 0.15) is 12.6 Å². The van der Waals surface area contributed by atoms with Crippen LogP contribution in [0.2, 0.25) is 0 Å². The number of hydrogen-bond donors (Lipinski definition) is 1. The van der Waals surface area contributed by atoms with Crippen molar-refractivity contribution < 1.29 is 14.6 Å². The Morgan fingerprint density at radius 3 is 2.93 bits per heavy atom. The number of aromatic nitrogens is 1. The normalized spacial score (nSPS) is 14.2. The van der Waals surface area contributed by atoms with Gasteiger partial charge in [-0.2, -0.15) is 0 Å². The molecule has 0 saturated carbocycles. The first-order valence-electron chi connectivity index (χ1n) is 4.51. The number of aliphatic carboxylic acids is 1. The van der Waals surface area contributed by atoms with E-state index in [-0.39, 0.29) is 6.61 Å². The van der Waals surface area contributed by atoms with Crippen LogP contribution in [0.25, 0.3) is 0 Å². The maximum absolute atomic E-state index is 11.1. The van der Waals surface area contributed by atoms with Gasteiger partial charge in [0.1, 0.15) is 0 Å². The van der Waals surface area contributed by atoms with Crippen molar-refractivity contribution in [3.05, 3.63) is 42.7 Å². The Balaban J connectivity index is 3.01. The van der Waals surface area contributed by atoms with Crippen LogP contribution < -0.4 is 0 Å². The standard InChI is InChI=1S/C11H13NO3/c1-3-8-15-11(2,10(13)14)9-6-4-5-7-12-9/h3-7H,1,8H2,2H3,(H,13,14). The van der Waals surface area contributed by atoms with Crippen LogP contribution >= 0.6 is 0 Å². The number of pyridine rings is 1. The molecule has 1 aromatic heterocycles. The van der Waals surface area contributed by atoms with E-state index < -0.39 is 11.6 Å². The predicted octanol–water partition coefficient (Wildman–Crippen LogP) is 1.58. The van der Waals surface area contributed by atoms with Gasteiger partial charge < -0.3 is 9.84 Å². The molecule has 0 aliphatic carbocycles. The van der Waals surface area contributed by atoms with Crippen LogP contribution in [0.5, 0.6) is 0 Å². The molecular weight excluding hydrogens is 194 g/mol. The Hall–Kier alpha value is -1.68. The Kier molecular flexibility index (Phi) is 3.57. The summed E-state index contributed by atoms with van der Waals surface area (Å²) in [5, 5.41) is 9.11. The fourth-order valence-electron chi connectivity index (χ4n) is 1.12. The van der Waals surface area contributed by atoms with Crippen LogP contribution in [0.15, 0.2) is 37.1 Å². The molecule has 80 valence electrons. The molecule has 4 heteroatoms. The van der Waals surface area contributed by atoms with E-state index in [0.717, 1.165) is 0 Å². The third-order valence-corrected chi connectivity index (χ3v) is 2.05. The van der Waals surface area contributed by atoms with E-state index in [1.807, 2.05) is 0 Å². The highest BCUT2D eigenvalue weighted by Crippen LogP contribution is 2.23. The molecule has 0 fully saturated rings. The molecule has 1 N–H and O–H groups in total. The van der Waals surface area contributed by atoms with Gasteiger partial charge in [0, 0.05) is 6.20 Å². The number of hydrogen-bond acceptors (Lipinski definition) is 3. The smallest absolute Gasteiger partial charge is 0.342 e.